The molecule has 3 aromatic carbocycles. The molecule has 2 aliphatic carbocycles. The van der Waals surface area contributed by atoms with E-state index in [0.29, 0.717) is 47.9 Å². The number of carbonyl (C=O) groups is 1. The van der Waals surface area contributed by atoms with E-state index in [9.17, 15) is 23.3 Å². The van der Waals surface area contributed by atoms with E-state index in [1.165, 1.54) is 49.5 Å². The number of anilines is 3. The molecule has 5 heterocycles. The van der Waals surface area contributed by atoms with Crippen molar-refractivity contribution in [2.45, 2.75) is 56.4 Å². The maximum Gasteiger partial charge on any atom is 0.284 e. The number of ether oxygens (including phenoxy) is 2. The first kappa shape index (κ1) is 43.8. The summed E-state index contributed by atoms with van der Waals surface area (Å²) in [5.41, 5.74) is 6.14. The molecule has 344 valence electrons. The summed E-state index contributed by atoms with van der Waals surface area (Å²) in [7, 11) is -3.37. The number of nitro benzene ring substituents is 1. The summed E-state index contributed by atoms with van der Waals surface area (Å²) < 4.78 is 57.6. The molecular weight excluding hydrogens is 889 g/mol. The number of aromatic amines is 1. The van der Waals surface area contributed by atoms with Crippen LogP contribution in [0.4, 0.5) is 27.1 Å². The van der Waals surface area contributed by atoms with Crippen molar-refractivity contribution in [1.82, 2.24) is 29.4 Å². The summed E-state index contributed by atoms with van der Waals surface area (Å²) in [5, 5.41) is 17.3. The van der Waals surface area contributed by atoms with Crippen LogP contribution in [0.15, 0.2) is 83.4 Å². The lowest BCUT2D eigenvalue weighted by molar-refractivity contribution is -0.383. The Hall–Kier alpha value is -6.08. The van der Waals surface area contributed by atoms with Crippen molar-refractivity contribution in [3.05, 3.63) is 111 Å². The number of methoxy groups -OCH3 is 1. The van der Waals surface area contributed by atoms with E-state index in [4.69, 9.17) is 26.1 Å². The summed E-state index contributed by atoms with van der Waals surface area (Å²) in [5.74, 6) is -1.62. The van der Waals surface area contributed by atoms with Crippen LogP contribution in [0.2, 0.25) is 5.02 Å². The summed E-state index contributed by atoms with van der Waals surface area (Å²) in [6.45, 7) is 4.75. The molecule has 6 aromatic rings. The number of nitrogens with one attached hydrogen (secondary N) is 2. The second kappa shape index (κ2) is 17.6. The number of carbonyl (C=O) groups excluding carboxylic acids is 1. The number of amides is 1. The van der Waals surface area contributed by atoms with Crippen LogP contribution in [-0.4, -0.2) is 103 Å². The Morgan fingerprint density at radius 1 is 1.02 bits per heavy atom. The molecule has 4 aliphatic rings. The number of rotatable bonds is 12. The summed E-state index contributed by atoms with van der Waals surface area (Å²) >= 11 is 6.30. The van der Waals surface area contributed by atoms with E-state index >= 15 is 4.39 Å². The van der Waals surface area contributed by atoms with Gasteiger partial charge in [0.1, 0.15) is 22.2 Å². The van der Waals surface area contributed by atoms with Gasteiger partial charge in [-0.1, -0.05) is 35.7 Å². The number of hydrogen-bond donors (Lipinski definition) is 2. The molecule has 66 heavy (non-hydrogen) atoms. The van der Waals surface area contributed by atoms with Gasteiger partial charge in [-0.2, -0.15) is 14.5 Å². The van der Waals surface area contributed by atoms with Gasteiger partial charge in [-0.05, 0) is 104 Å². The summed E-state index contributed by atoms with van der Waals surface area (Å²) in [4.78, 5) is 39.7. The molecule has 10 rings (SSSR count). The minimum Gasteiger partial charge on any atom is -0.476 e. The van der Waals surface area contributed by atoms with Gasteiger partial charge < -0.3 is 24.3 Å². The highest BCUT2D eigenvalue weighted by atomic mass is 35.5. The minimum absolute atomic E-state index is 0.0386. The van der Waals surface area contributed by atoms with Crippen LogP contribution < -0.4 is 19.3 Å². The zero-order valence-electron chi connectivity index (χ0n) is 36.4. The van der Waals surface area contributed by atoms with Gasteiger partial charge in [-0.25, -0.2) is 17.8 Å². The van der Waals surface area contributed by atoms with Gasteiger partial charge in [0.25, 0.3) is 21.6 Å². The van der Waals surface area contributed by atoms with Crippen LogP contribution in [0.25, 0.3) is 27.5 Å². The molecular formula is C47H49ClFN9O7S. The van der Waals surface area contributed by atoms with Crippen molar-refractivity contribution in [1.29, 1.82) is 0 Å². The third kappa shape index (κ3) is 8.35. The van der Waals surface area contributed by atoms with Crippen molar-refractivity contribution in [3.8, 4) is 5.88 Å². The largest absolute Gasteiger partial charge is 0.476 e. The molecule has 1 amide bonds. The van der Waals surface area contributed by atoms with E-state index in [1.54, 1.807) is 12.3 Å². The van der Waals surface area contributed by atoms with Gasteiger partial charge in [0.2, 0.25) is 11.8 Å². The Kier molecular flexibility index (Phi) is 11.7. The summed E-state index contributed by atoms with van der Waals surface area (Å²) in [6.07, 6.45) is 9.68. The lowest BCUT2D eigenvalue weighted by Gasteiger charge is -2.47. The molecule has 0 unspecified atom stereocenters. The van der Waals surface area contributed by atoms with Crippen LogP contribution in [0.1, 0.15) is 60.9 Å². The van der Waals surface area contributed by atoms with Gasteiger partial charge in [0.15, 0.2) is 0 Å². The lowest BCUT2D eigenvalue weighted by atomic mass is 9.59. The van der Waals surface area contributed by atoms with Gasteiger partial charge in [0, 0.05) is 74.7 Å². The third-order valence-corrected chi connectivity index (χ3v) is 15.3. The fourth-order valence-electron chi connectivity index (χ4n) is 10.0. The number of hydrogen-bond acceptors (Lipinski definition) is 12. The highest BCUT2D eigenvalue weighted by molar-refractivity contribution is 7.90. The van der Waals surface area contributed by atoms with Crippen molar-refractivity contribution in [3.63, 3.8) is 0 Å². The number of nitro groups is 1. The van der Waals surface area contributed by atoms with Crippen molar-refractivity contribution in [2.24, 2.45) is 5.41 Å². The molecule has 1 saturated heterocycles. The molecule has 2 fully saturated rings. The average Bonchev–Trinajstić information content (AvgIpc) is 3.83. The molecule has 16 nitrogen and oxygen atoms in total. The molecule has 2 N–H and O–H groups in total. The molecule has 0 radical (unpaired) electrons. The minimum atomic E-state index is -4.78. The molecule has 2 aliphatic heterocycles. The predicted octanol–water partition coefficient (Wildman–Crippen LogP) is 8.23. The fourth-order valence-corrected chi connectivity index (χ4v) is 11.1. The first-order chi connectivity index (χ1) is 31.9. The number of nitrogens with zero attached hydrogens (tertiary/aromatic N) is 7. The highest BCUT2D eigenvalue weighted by Gasteiger charge is 2.41. The monoisotopic (exact) mass is 937 g/mol. The van der Waals surface area contributed by atoms with Crippen LogP contribution >= 0.6 is 11.6 Å². The number of non-ortho nitro benzene ring substituents is 1. The SMILES string of the molecule is COCCn1nc2cc(S(=O)(=O)NC(=O)c3ccc(N4CCN(CC5=C(c6ccc(Cl)cc6)CC6(CCC6)CC5)CC4)cc3N3CCCOc4nc5[nH]ccc5cc43)cc([N+](=O)[O-])c2c1F. The van der Waals surface area contributed by atoms with E-state index in [-0.39, 0.29) is 24.2 Å². The van der Waals surface area contributed by atoms with Crippen molar-refractivity contribution >= 4 is 77.8 Å². The number of halogens is 2. The number of benzene rings is 3. The van der Waals surface area contributed by atoms with Crippen LogP contribution in [0.3, 0.4) is 0 Å². The van der Waals surface area contributed by atoms with Gasteiger partial charge in [-0.15, -0.1) is 0 Å². The van der Waals surface area contributed by atoms with E-state index in [2.05, 4.69) is 36.7 Å². The average molecular weight is 938 g/mol. The number of aromatic nitrogens is 4. The standard InChI is InChI=1S/C47H49ClFN9O7S/c1-64-23-21-57-43(49)42-38(52-57)26-35(27-40(42)58(60)61)66(62,63)53-45(59)36-9-8-34(25-39(36)56-16-3-22-65-46-41(56)24-31-11-15-50-44(31)51-46)55-19-17-54(18-20-55)29-32-10-14-47(12-2-13-47)28-37(32)30-4-6-33(48)7-5-30/h4-9,11,15,24-27H,2-3,10,12-14,16-23,28-29H2,1H3,(H,50,51)(H,53,59). The molecule has 1 saturated carbocycles. The Balaban J connectivity index is 0.954. The Labute approximate surface area is 385 Å². The normalized spacial score (nSPS) is 17.7. The topological polar surface area (TPSA) is 181 Å². The predicted molar refractivity (Wildman–Crippen MR) is 250 cm³/mol. The lowest BCUT2D eigenvalue weighted by Crippen LogP contribution is -2.47. The molecule has 0 atom stereocenters. The quantitative estimate of drug-likeness (QED) is 0.0888. The van der Waals surface area contributed by atoms with Crippen molar-refractivity contribution < 1.29 is 32.0 Å². The molecule has 3 aromatic heterocycles. The maximum atomic E-state index is 15.3. The van der Waals surface area contributed by atoms with Gasteiger partial charge >= 0.3 is 0 Å². The fraction of sp³-hybridized carbons (Fsp3) is 0.383. The number of fused-ring (bicyclic) bond motifs is 3. The number of pyridine rings is 1. The maximum absolute atomic E-state index is 15.3. The first-order valence-electron chi connectivity index (χ1n) is 22.3. The summed E-state index contributed by atoms with van der Waals surface area (Å²) in [6, 6.07) is 19.2. The second-order valence-electron chi connectivity index (χ2n) is 17.7. The highest BCUT2D eigenvalue weighted by Crippen LogP contribution is 2.55. The Morgan fingerprint density at radius 2 is 1.82 bits per heavy atom. The van der Waals surface area contributed by atoms with E-state index < -0.39 is 42.8 Å². The third-order valence-electron chi connectivity index (χ3n) is 13.7. The number of H-pyrrole nitrogens is 1. The van der Waals surface area contributed by atoms with Crippen LogP contribution in [0, 0.1) is 21.5 Å². The van der Waals surface area contributed by atoms with E-state index in [1.807, 2.05) is 41.3 Å². The smallest absolute Gasteiger partial charge is 0.284 e. The number of allylic oxidation sites excluding steroid dienone is 1. The first-order valence-corrected chi connectivity index (χ1v) is 24.1. The van der Waals surface area contributed by atoms with Gasteiger partial charge in [-0.3, -0.25) is 19.8 Å². The van der Waals surface area contributed by atoms with E-state index in [0.717, 1.165) is 78.5 Å². The van der Waals surface area contributed by atoms with Gasteiger partial charge in [0.05, 0.1) is 40.8 Å². The molecule has 1 spiro atoms. The number of piperazine rings is 1. The molecule has 0 bridgehead atoms. The molecule has 19 heteroatoms. The zero-order valence-corrected chi connectivity index (χ0v) is 38.0. The Morgan fingerprint density at radius 3 is 2.56 bits per heavy atom. The van der Waals surface area contributed by atoms with Crippen LogP contribution in [0.5, 0.6) is 5.88 Å². The zero-order chi connectivity index (χ0) is 45.7. The van der Waals surface area contributed by atoms with Crippen molar-refractivity contribution in [2.75, 3.05) is 69.4 Å². The van der Waals surface area contributed by atoms with Crippen LogP contribution in [-0.2, 0) is 21.3 Å². The Bertz CT molecular complexity index is 3020. The number of sulfonamides is 1. The second-order valence-corrected chi connectivity index (χ2v) is 19.8.